The summed E-state index contributed by atoms with van der Waals surface area (Å²) in [5, 5.41) is 0. The highest BCUT2D eigenvalue weighted by molar-refractivity contribution is 9.10. The molecule has 1 aliphatic heterocycles. The standard InChI is InChI=1S/C10H10BrFN2O/c11-6-1-2-8(12)7(5-6)9-3-4-15-10(13)14-9/h1-2,5,9H,3-4H2,(H2,13,14)/t9-/m0/s1. The summed E-state index contributed by atoms with van der Waals surface area (Å²) in [5.74, 6) is -0.262. The lowest BCUT2D eigenvalue weighted by molar-refractivity contribution is 0.255. The number of hydrogen-bond acceptors (Lipinski definition) is 3. The second-order valence-corrected chi connectivity index (χ2v) is 4.20. The molecule has 0 bridgehead atoms. The molecule has 0 unspecified atom stereocenters. The van der Waals surface area contributed by atoms with Crippen LogP contribution in [0, 0.1) is 5.82 Å². The zero-order valence-electron chi connectivity index (χ0n) is 7.91. The van der Waals surface area contributed by atoms with Crippen LogP contribution in [-0.2, 0) is 4.74 Å². The van der Waals surface area contributed by atoms with E-state index >= 15 is 0 Å². The van der Waals surface area contributed by atoms with Gasteiger partial charge in [0.05, 0.1) is 12.6 Å². The van der Waals surface area contributed by atoms with Gasteiger partial charge in [0.25, 0.3) is 6.02 Å². The zero-order chi connectivity index (χ0) is 10.8. The minimum absolute atomic E-state index is 0.130. The van der Waals surface area contributed by atoms with Crippen LogP contribution >= 0.6 is 15.9 Å². The van der Waals surface area contributed by atoms with Gasteiger partial charge in [-0.25, -0.2) is 9.38 Å². The Bertz CT molecular complexity index is 408. The average Bonchev–Trinajstić information content (AvgIpc) is 2.22. The first kappa shape index (κ1) is 10.4. The van der Waals surface area contributed by atoms with Crippen LogP contribution in [0.1, 0.15) is 18.0 Å². The topological polar surface area (TPSA) is 47.6 Å². The molecule has 1 heterocycles. The molecule has 1 atom stereocenters. The maximum Gasteiger partial charge on any atom is 0.282 e. The van der Waals surface area contributed by atoms with Crippen molar-refractivity contribution < 1.29 is 9.13 Å². The molecule has 2 N–H and O–H groups in total. The Labute approximate surface area is 95.3 Å². The summed E-state index contributed by atoms with van der Waals surface area (Å²) < 4.78 is 19.3. The molecule has 0 amide bonds. The summed E-state index contributed by atoms with van der Waals surface area (Å²) in [7, 11) is 0. The van der Waals surface area contributed by atoms with E-state index in [9.17, 15) is 4.39 Å². The molecule has 15 heavy (non-hydrogen) atoms. The van der Waals surface area contributed by atoms with Crippen molar-refractivity contribution in [2.24, 2.45) is 10.7 Å². The van der Waals surface area contributed by atoms with Crippen molar-refractivity contribution in [1.82, 2.24) is 0 Å². The van der Waals surface area contributed by atoms with E-state index in [1.807, 2.05) is 0 Å². The molecule has 0 spiro atoms. The third kappa shape index (κ3) is 2.28. The van der Waals surface area contributed by atoms with Crippen molar-refractivity contribution in [3.05, 3.63) is 34.1 Å². The fraction of sp³-hybridized carbons (Fsp3) is 0.300. The van der Waals surface area contributed by atoms with Crippen LogP contribution in [0.2, 0.25) is 0 Å². The molecule has 0 aliphatic carbocycles. The molecule has 80 valence electrons. The summed E-state index contributed by atoms with van der Waals surface area (Å²) in [4.78, 5) is 4.07. The minimum atomic E-state index is -0.262. The van der Waals surface area contributed by atoms with Crippen LogP contribution in [0.3, 0.4) is 0 Å². The molecular weight excluding hydrogens is 263 g/mol. The fourth-order valence-corrected chi connectivity index (χ4v) is 1.90. The highest BCUT2D eigenvalue weighted by atomic mass is 79.9. The Morgan fingerprint density at radius 3 is 3.07 bits per heavy atom. The summed E-state index contributed by atoms with van der Waals surface area (Å²) in [5.41, 5.74) is 6.00. The van der Waals surface area contributed by atoms with Crippen molar-refractivity contribution in [2.45, 2.75) is 12.5 Å². The van der Waals surface area contributed by atoms with Crippen molar-refractivity contribution in [1.29, 1.82) is 0 Å². The fourth-order valence-electron chi connectivity index (χ4n) is 1.53. The summed E-state index contributed by atoms with van der Waals surface area (Å²) >= 11 is 3.30. The van der Waals surface area contributed by atoms with Crippen LogP contribution < -0.4 is 5.73 Å². The highest BCUT2D eigenvalue weighted by Crippen LogP contribution is 2.28. The van der Waals surface area contributed by atoms with Crippen LogP contribution in [-0.4, -0.2) is 12.6 Å². The molecule has 0 radical (unpaired) electrons. The second kappa shape index (κ2) is 4.18. The van der Waals surface area contributed by atoms with Gasteiger partial charge in [0.1, 0.15) is 5.82 Å². The van der Waals surface area contributed by atoms with Crippen LogP contribution in [0.4, 0.5) is 4.39 Å². The van der Waals surface area contributed by atoms with E-state index in [0.717, 1.165) is 4.47 Å². The molecule has 0 saturated heterocycles. The Hall–Kier alpha value is -1.10. The number of halogens is 2. The van der Waals surface area contributed by atoms with E-state index in [-0.39, 0.29) is 17.9 Å². The third-order valence-corrected chi connectivity index (χ3v) is 2.73. The van der Waals surface area contributed by atoms with Gasteiger partial charge in [-0.3, -0.25) is 0 Å². The number of nitrogens with two attached hydrogens (primary N) is 1. The summed E-state index contributed by atoms with van der Waals surface area (Å²) in [6.07, 6.45) is 0.647. The number of benzene rings is 1. The normalized spacial score (nSPS) is 20.7. The predicted molar refractivity (Wildman–Crippen MR) is 59.0 cm³/mol. The van der Waals surface area contributed by atoms with Gasteiger partial charge >= 0.3 is 0 Å². The Kier molecular flexibility index (Phi) is 2.90. The maximum atomic E-state index is 13.5. The van der Waals surface area contributed by atoms with E-state index in [1.165, 1.54) is 6.07 Å². The Morgan fingerprint density at radius 1 is 1.53 bits per heavy atom. The van der Waals surface area contributed by atoms with Crippen LogP contribution in [0.5, 0.6) is 0 Å². The summed E-state index contributed by atoms with van der Waals surface area (Å²) in [6, 6.07) is 4.69. The number of aliphatic imine (C=N–C) groups is 1. The zero-order valence-corrected chi connectivity index (χ0v) is 9.50. The molecule has 2 rings (SSSR count). The monoisotopic (exact) mass is 272 g/mol. The van der Waals surface area contributed by atoms with Crippen molar-refractivity contribution in [2.75, 3.05) is 6.61 Å². The van der Waals surface area contributed by atoms with Gasteiger partial charge in [-0.05, 0) is 18.2 Å². The first-order valence-electron chi connectivity index (χ1n) is 4.58. The molecule has 1 aromatic carbocycles. The van der Waals surface area contributed by atoms with Gasteiger partial charge in [-0.15, -0.1) is 0 Å². The van der Waals surface area contributed by atoms with E-state index in [2.05, 4.69) is 20.9 Å². The summed E-state index contributed by atoms with van der Waals surface area (Å²) in [6.45, 7) is 0.478. The smallest absolute Gasteiger partial charge is 0.282 e. The number of nitrogens with zero attached hydrogens (tertiary/aromatic N) is 1. The van der Waals surface area contributed by atoms with Gasteiger partial charge in [-0.2, -0.15) is 0 Å². The number of amidine groups is 1. The Morgan fingerprint density at radius 2 is 2.33 bits per heavy atom. The largest absolute Gasteiger partial charge is 0.465 e. The van der Waals surface area contributed by atoms with Gasteiger partial charge < -0.3 is 10.5 Å². The molecule has 0 aromatic heterocycles. The van der Waals surface area contributed by atoms with Crippen LogP contribution in [0.25, 0.3) is 0 Å². The molecule has 3 nitrogen and oxygen atoms in total. The SMILES string of the molecule is NC1=N[C@H](c2cc(Br)ccc2F)CCO1. The third-order valence-electron chi connectivity index (χ3n) is 2.24. The van der Waals surface area contributed by atoms with Crippen molar-refractivity contribution >= 4 is 22.0 Å². The molecule has 1 aliphatic rings. The Balaban J connectivity index is 2.36. The number of ether oxygens (including phenoxy) is 1. The maximum absolute atomic E-state index is 13.5. The van der Waals surface area contributed by atoms with E-state index in [4.69, 9.17) is 10.5 Å². The lowest BCUT2D eigenvalue weighted by atomic mass is 10.0. The van der Waals surface area contributed by atoms with Gasteiger partial charge in [-0.1, -0.05) is 15.9 Å². The number of hydrogen-bond donors (Lipinski definition) is 1. The first-order valence-corrected chi connectivity index (χ1v) is 5.37. The number of rotatable bonds is 1. The molecule has 0 saturated carbocycles. The van der Waals surface area contributed by atoms with Gasteiger partial charge in [0.2, 0.25) is 0 Å². The second-order valence-electron chi connectivity index (χ2n) is 3.29. The predicted octanol–water partition coefficient (Wildman–Crippen LogP) is 2.36. The molecular formula is C10H10BrFN2O. The lowest BCUT2D eigenvalue weighted by Gasteiger charge is -2.19. The van der Waals surface area contributed by atoms with E-state index in [0.29, 0.717) is 18.6 Å². The first-order chi connectivity index (χ1) is 7.16. The van der Waals surface area contributed by atoms with Gasteiger partial charge in [0.15, 0.2) is 0 Å². The van der Waals surface area contributed by atoms with Crippen molar-refractivity contribution in [3.8, 4) is 0 Å². The van der Waals surface area contributed by atoms with Gasteiger partial charge in [0, 0.05) is 16.5 Å². The lowest BCUT2D eigenvalue weighted by Crippen LogP contribution is -2.24. The minimum Gasteiger partial charge on any atom is -0.465 e. The average molecular weight is 273 g/mol. The molecule has 0 fully saturated rings. The van der Waals surface area contributed by atoms with Crippen molar-refractivity contribution in [3.63, 3.8) is 0 Å². The highest BCUT2D eigenvalue weighted by Gasteiger charge is 2.19. The molecule has 1 aromatic rings. The molecule has 5 heteroatoms. The van der Waals surface area contributed by atoms with Crippen LogP contribution in [0.15, 0.2) is 27.7 Å². The quantitative estimate of drug-likeness (QED) is 0.853. The van der Waals surface area contributed by atoms with E-state index in [1.54, 1.807) is 12.1 Å². The van der Waals surface area contributed by atoms with E-state index < -0.39 is 0 Å².